The van der Waals surface area contributed by atoms with Gasteiger partial charge >= 0.3 is 0 Å². The van der Waals surface area contributed by atoms with Crippen molar-refractivity contribution in [2.75, 3.05) is 0 Å². The molecule has 84 valence electrons. The van der Waals surface area contributed by atoms with E-state index in [1.807, 2.05) is 6.07 Å². The van der Waals surface area contributed by atoms with E-state index in [9.17, 15) is 5.11 Å². The lowest BCUT2D eigenvalue weighted by Crippen LogP contribution is -1.90. The molecule has 0 fully saturated rings. The zero-order valence-electron chi connectivity index (χ0n) is 10.1. The van der Waals surface area contributed by atoms with Crippen molar-refractivity contribution >= 4 is 10.8 Å². The Hall–Kier alpha value is -1.50. The van der Waals surface area contributed by atoms with Crippen molar-refractivity contribution in [2.45, 2.75) is 33.1 Å². The normalized spacial score (nSPS) is 11.2. The molecule has 0 aliphatic rings. The lowest BCUT2D eigenvalue weighted by molar-refractivity contribution is 0.466. The number of rotatable bonds is 2. The van der Waals surface area contributed by atoms with E-state index < -0.39 is 0 Å². The second-order valence-electron chi connectivity index (χ2n) is 4.56. The minimum absolute atomic E-state index is 0.356. The number of aryl methyl sites for hydroxylation is 1. The number of phenolic OH excluding ortho intramolecular Hbond substituents is 1. The molecule has 2 rings (SSSR count). The van der Waals surface area contributed by atoms with E-state index in [0.29, 0.717) is 11.7 Å². The molecule has 1 heteroatoms. The molecular formula is C15H18O. The molecule has 1 nitrogen and oxygen atoms in total. The number of hydrogen-bond acceptors (Lipinski definition) is 1. The van der Waals surface area contributed by atoms with E-state index in [1.54, 1.807) is 0 Å². The first-order valence-electron chi connectivity index (χ1n) is 5.88. The zero-order chi connectivity index (χ0) is 11.7. The van der Waals surface area contributed by atoms with Crippen LogP contribution in [0.25, 0.3) is 10.8 Å². The first kappa shape index (κ1) is 11.0. The highest BCUT2D eigenvalue weighted by atomic mass is 16.3. The summed E-state index contributed by atoms with van der Waals surface area (Å²) in [6.45, 7) is 6.34. The Labute approximate surface area is 96.7 Å². The van der Waals surface area contributed by atoms with E-state index in [0.717, 1.165) is 12.0 Å². The molecule has 16 heavy (non-hydrogen) atoms. The summed E-state index contributed by atoms with van der Waals surface area (Å²) >= 11 is 0. The molecule has 0 bridgehead atoms. The molecule has 0 radical (unpaired) electrons. The highest BCUT2D eigenvalue weighted by Crippen LogP contribution is 2.31. The van der Waals surface area contributed by atoms with Crippen LogP contribution in [-0.2, 0) is 6.42 Å². The molecular weight excluding hydrogens is 196 g/mol. The van der Waals surface area contributed by atoms with Gasteiger partial charge in [-0.25, -0.2) is 0 Å². The molecule has 0 saturated heterocycles. The van der Waals surface area contributed by atoms with Gasteiger partial charge in [0.15, 0.2) is 0 Å². The average Bonchev–Trinajstić information content (AvgIpc) is 2.27. The topological polar surface area (TPSA) is 20.2 Å². The van der Waals surface area contributed by atoms with Crippen LogP contribution in [0.2, 0.25) is 0 Å². The molecule has 2 aromatic rings. The van der Waals surface area contributed by atoms with Gasteiger partial charge in [0, 0.05) is 0 Å². The van der Waals surface area contributed by atoms with Crippen LogP contribution in [-0.4, -0.2) is 5.11 Å². The highest BCUT2D eigenvalue weighted by Gasteiger charge is 2.08. The summed E-state index contributed by atoms with van der Waals surface area (Å²) in [6.07, 6.45) is 0.998. The van der Waals surface area contributed by atoms with Crippen molar-refractivity contribution in [3.8, 4) is 5.75 Å². The minimum Gasteiger partial charge on any atom is -0.508 e. The summed E-state index contributed by atoms with van der Waals surface area (Å²) in [7, 11) is 0. The lowest BCUT2D eigenvalue weighted by atomic mass is 9.95. The quantitative estimate of drug-likeness (QED) is 0.793. The summed E-state index contributed by atoms with van der Waals surface area (Å²) in [4.78, 5) is 0. The molecule has 0 unspecified atom stereocenters. The van der Waals surface area contributed by atoms with E-state index in [4.69, 9.17) is 0 Å². The average molecular weight is 214 g/mol. The van der Waals surface area contributed by atoms with Crippen molar-refractivity contribution in [3.63, 3.8) is 0 Å². The molecule has 0 spiro atoms. The SMILES string of the molecule is CCc1cccc2cc(C(C)C)c(O)cc12. The summed E-state index contributed by atoms with van der Waals surface area (Å²) in [5, 5.41) is 12.4. The van der Waals surface area contributed by atoms with Gasteiger partial charge in [-0.2, -0.15) is 0 Å². The van der Waals surface area contributed by atoms with Crippen LogP contribution in [0, 0.1) is 0 Å². The molecule has 0 saturated carbocycles. The Kier molecular flexibility index (Phi) is 2.86. The molecule has 0 aliphatic heterocycles. The summed E-state index contributed by atoms with van der Waals surface area (Å²) in [5.41, 5.74) is 2.32. The Morgan fingerprint density at radius 3 is 2.56 bits per heavy atom. The third-order valence-electron chi connectivity index (χ3n) is 3.12. The fraction of sp³-hybridized carbons (Fsp3) is 0.333. The van der Waals surface area contributed by atoms with Crippen molar-refractivity contribution in [2.24, 2.45) is 0 Å². The maximum Gasteiger partial charge on any atom is 0.119 e. The predicted octanol–water partition coefficient (Wildman–Crippen LogP) is 4.23. The Morgan fingerprint density at radius 1 is 1.19 bits per heavy atom. The van der Waals surface area contributed by atoms with Crippen molar-refractivity contribution in [1.29, 1.82) is 0 Å². The summed E-state index contributed by atoms with van der Waals surface area (Å²) < 4.78 is 0. The number of fused-ring (bicyclic) bond motifs is 1. The van der Waals surface area contributed by atoms with Crippen LogP contribution in [0.3, 0.4) is 0 Å². The van der Waals surface area contributed by atoms with Crippen LogP contribution in [0.4, 0.5) is 0 Å². The Bertz CT molecular complexity index is 512. The van der Waals surface area contributed by atoms with Gasteiger partial charge in [0.05, 0.1) is 0 Å². The van der Waals surface area contributed by atoms with E-state index >= 15 is 0 Å². The standard InChI is InChI=1S/C15H18O/c1-4-11-6-5-7-12-8-13(10(2)3)15(16)9-14(11)12/h5-10,16H,4H2,1-3H3. The lowest BCUT2D eigenvalue weighted by Gasteiger charge is -2.11. The third-order valence-corrected chi connectivity index (χ3v) is 3.12. The van der Waals surface area contributed by atoms with Gasteiger partial charge in [0.1, 0.15) is 5.75 Å². The van der Waals surface area contributed by atoms with Crippen LogP contribution >= 0.6 is 0 Å². The maximum absolute atomic E-state index is 10.00. The van der Waals surface area contributed by atoms with Gasteiger partial charge in [-0.15, -0.1) is 0 Å². The maximum atomic E-state index is 10.00. The first-order chi connectivity index (χ1) is 7.63. The number of hydrogen-bond donors (Lipinski definition) is 1. The second-order valence-corrected chi connectivity index (χ2v) is 4.56. The Morgan fingerprint density at radius 2 is 1.94 bits per heavy atom. The van der Waals surface area contributed by atoms with E-state index in [2.05, 4.69) is 45.0 Å². The van der Waals surface area contributed by atoms with Crippen molar-refractivity contribution in [3.05, 3.63) is 41.5 Å². The third kappa shape index (κ3) is 1.78. The largest absolute Gasteiger partial charge is 0.508 e. The molecule has 0 amide bonds. The van der Waals surface area contributed by atoms with Gasteiger partial charge in [-0.05, 0) is 46.4 Å². The van der Waals surface area contributed by atoms with Crippen LogP contribution < -0.4 is 0 Å². The summed E-state index contributed by atoms with van der Waals surface area (Å²) in [6, 6.07) is 10.3. The van der Waals surface area contributed by atoms with E-state index in [1.165, 1.54) is 16.3 Å². The molecule has 0 aromatic heterocycles. The van der Waals surface area contributed by atoms with Gasteiger partial charge in [0.25, 0.3) is 0 Å². The fourth-order valence-corrected chi connectivity index (χ4v) is 2.17. The van der Waals surface area contributed by atoms with Gasteiger partial charge in [-0.3, -0.25) is 0 Å². The van der Waals surface area contributed by atoms with Gasteiger partial charge in [-0.1, -0.05) is 39.0 Å². The predicted molar refractivity (Wildman–Crippen MR) is 69.1 cm³/mol. The van der Waals surface area contributed by atoms with Crippen molar-refractivity contribution < 1.29 is 5.11 Å². The zero-order valence-corrected chi connectivity index (χ0v) is 10.1. The van der Waals surface area contributed by atoms with Crippen LogP contribution in [0.5, 0.6) is 5.75 Å². The number of phenols is 1. The molecule has 0 aliphatic carbocycles. The molecule has 1 N–H and O–H groups in total. The molecule has 0 atom stereocenters. The molecule has 0 heterocycles. The smallest absolute Gasteiger partial charge is 0.119 e. The number of benzene rings is 2. The van der Waals surface area contributed by atoms with Crippen molar-refractivity contribution in [1.82, 2.24) is 0 Å². The monoisotopic (exact) mass is 214 g/mol. The fourth-order valence-electron chi connectivity index (χ4n) is 2.17. The summed E-state index contributed by atoms with van der Waals surface area (Å²) in [5.74, 6) is 0.776. The highest BCUT2D eigenvalue weighted by molar-refractivity contribution is 5.88. The Balaban J connectivity index is 2.73. The van der Waals surface area contributed by atoms with Crippen LogP contribution in [0.15, 0.2) is 30.3 Å². The number of aromatic hydroxyl groups is 1. The van der Waals surface area contributed by atoms with Gasteiger partial charge in [0.2, 0.25) is 0 Å². The second kappa shape index (κ2) is 4.17. The van der Waals surface area contributed by atoms with Gasteiger partial charge < -0.3 is 5.11 Å². The first-order valence-corrected chi connectivity index (χ1v) is 5.88. The molecule has 2 aromatic carbocycles. The van der Waals surface area contributed by atoms with E-state index in [-0.39, 0.29) is 0 Å². The van der Waals surface area contributed by atoms with Crippen LogP contribution in [0.1, 0.15) is 37.8 Å². The minimum atomic E-state index is 0.356.